The zero-order chi connectivity index (χ0) is 18.8. The number of hydrogen-bond acceptors (Lipinski definition) is 3. The van der Waals surface area contributed by atoms with Gasteiger partial charge >= 0.3 is 0 Å². The molecule has 2 aliphatic rings. The van der Waals surface area contributed by atoms with Crippen molar-refractivity contribution in [1.29, 1.82) is 0 Å². The first-order valence-corrected chi connectivity index (χ1v) is 10.3. The molecule has 3 heteroatoms. The van der Waals surface area contributed by atoms with E-state index in [1.807, 2.05) is 12.1 Å². The van der Waals surface area contributed by atoms with Gasteiger partial charge in [-0.2, -0.15) is 0 Å². The highest BCUT2D eigenvalue weighted by Gasteiger charge is 2.29. The highest BCUT2D eigenvalue weighted by molar-refractivity contribution is 5.42. The smallest absolute Gasteiger partial charge is 0.123 e. The fourth-order valence-electron chi connectivity index (χ4n) is 4.37. The SMILES string of the molecule is CC(c1ccc(C2CC2)cc1)c1ccccc1OC1CC(O)CC(CO)C1. The van der Waals surface area contributed by atoms with E-state index in [0.717, 1.165) is 18.1 Å². The maximum Gasteiger partial charge on any atom is 0.123 e. The third kappa shape index (κ3) is 4.36. The second-order valence-electron chi connectivity index (χ2n) is 8.35. The van der Waals surface area contributed by atoms with Gasteiger partial charge in [0, 0.05) is 24.5 Å². The van der Waals surface area contributed by atoms with Crippen molar-refractivity contribution in [3.05, 3.63) is 65.2 Å². The van der Waals surface area contributed by atoms with E-state index in [4.69, 9.17) is 4.74 Å². The van der Waals surface area contributed by atoms with E-state index < -0.39 is 0 Å². The quantitative estimate of drug-likeness (QED) is 0.784. The molecule has 4 rings (SSSR count). The van der Waals surface area contributed by atoms with Crippen molar-refractivity contribution in [2.24, 2.45) is 5.92 Å². The number of rotatable bonds is 6. The van der Waals surface area contributed by atoms with Gasteiger partial charge in [0.15, 0.2) is 0 Å². The van der Waals surface area contributed by atoms with Crippen molar-refractivity contribution in [2.75, 3.05) is 6.61 Å². The van der Waals surface area contributed by atoms with E-state index in [0.29, 0.717) is 12.8 Å². The molecule has 2 fully saturated rings. The lowest BCUT2D eigenvalue weighted by Gasteiger charge is -2.32. The molecule has 4 atom stereocenters. The van der Waals surface area contributed by atoms with Crippen molar-refractivity contribution < 1.29 is 14.9 Å². The Morgan fingerprint density at radius 1 is 1.00 bits per heavy atom. The molecule has 3 nitrogen and oxygen atoms in total. The van der Waals surface area contributed by atoms with Gasteiger partial charge < -0.3 is 14.9 Å². The van der Waals surface area contributed by atoms with Gasteiger partial charge in [-0.15, -0.1) is 0 Å². The summed E-state index contributed by atoms with van der Waals surface area (Å²) in [6.45, 7) is 2.34. The monoisotopic (exact) mass is 366 g/mol. The molecule has 144 valence electrons. The van der Waals surface area contributed by atoms with Gasteiger partial charge in [0.25, 0.3) is 0 Å². The zero-order valence-corrected chi connectivity index (χ0v) is 16.1. The Hall–Kier alpha value is -1.84. The summed E-state index contributed by atoms with van der Waals surface area (Å²) < 4.78 is 6.33. The fourth-order valence-corrected chi connectivity index (χ4v) is 4.37. The first-order chi connectivity index (χ1) is 13.1. The number of aliphatic hydroxyl groups excluding tert-OH is 2. The van der Waals surface area contributed by atoms with Crippen LogP contribution in [0.1, 0.15) is 67.6 Å². The van der Waals surface area contributed by atoms with E-state index in [2.05, 4.69) is 43.3 Å². The Morgan fingerprint density at radius 3 is 2.44 bits per heavy atom. The van der Waals surface area contributed by atoms with Crippen molar-refractivity contribution in [3.8, 4) is 5.75 Å². The van der Waals surface area contributed by atoms with Crippen molar-refractivity contribution in [3.63, 3.8) is 0 Å². The number of aliphatic hydroxyl groups is 2. The fraction of sp³-hybridized carbons (Fsp3) is 0.500. The minimum absolute atomic E-state index is 0.0449. The third-order valence-corrected chi connectivity index (χ3v) is 6.16. The molecule has 0 saturated heterocycles. The largest absolute Gasteiger partial charge is 0.490 e. The number of ether oxygens (including phenoxy) is 1. The molecular weight excluding hydrogens is 336 g/mol. The predicted octanol–water partition coefficient (Wildman–Crippen LogP) is 4.62. The van der Waals surface area contributed by atoms with Gasteiger partial charge in [0.05, 0.1) is 6.10 Å². The van der Waals surface area contributed by atoms with Gasteiger partial charge in [-0.1, -0.05) is 49.4 Å². The molecule has 0 spiro atoms. The lowest BCUT2D eigenvalue weighted by atomic mass is 9.85. The molecule has 2 aromatic rings. The lowest BCUT2D eigenvalue weighted by molar-refractivity contribution is 0.0102. The summed E-state index contributed by atoms with van der Waals surface area (Å²) in [7, 11) is 0. The highest BCUT2D eigenvalue weighted by Crippen LogP contribution is 2.41. The van der Waals surface area contributed by atoms with Gasteiger partial charge in [0.2, 0.25) is 0 Å². The summed E-state index contributed by atoms with van der Waals surface area (Å²) in [5, 5.41) is 19.6. The van der Waals surface area contributed by atoms with Gasteiger partial charge in [-0.05, 0) is 54.7 Å². The van der Waals surface area contributed by atoms with Crippen molar-refractivity contribution in [2.45, 2.75) is 63.1 Å². The molecule has 0 aromatic heterocycles. The number of para-hydroxylation sites is 1. The topological polar surface area (TPSA) is 49.7 Å². The molecule has 0 bridgehead atoms. The Balaban J connectivity index is 1.51. The molecule has 0 amide bonds. The first kappa shape index (κ1) is 18.5. The van der Waals surface area contributed by atoms with Crippen LogP contribution in [0.25, 0.3) is 0 Å². The van der Waals surface area contributed by atoms with Crippen LogP contribution in [0.3, 0.4) is 0 Å². The van der Waals surface area contributed by atoms with Gasteiger partial charge in [-0.25, -0.2) is 0 Å². The average molecular weight is 367 g/mol. The van der Waals surface area contributed by atoms with Crippen LogP contribution >= 0.6 is 0 Å². The lowest BCUT2D eigenvalue weighted by Crippen LogP contribution is -2.35. The molecule has 0 heterocycles. The molecule has 0 radical (unpaired) electrons. The van der Waals surface area contributed by atoms with Crippen LogP contribution in [0.2, 0.25) is 0 Å². The summed E-state index contributed by atoms with van der Waals surface area (Å²) in [6.07, 6.45) is 4.32. The van der Waals surface area contributed by atoms with Crippen LogP contribution in [-0.4, -0.2) is 29.0 Å². The number of benzene rings is 2. The maximum atomic E-state index is 10.1. The van der Waals surface area contributed by atoms with Crippen LogP contribution < -0.4 is 4.74 Å². The second kappa shape index (κ2) is 8.04. The average Bonchev–Trinajstić information content (AvgIpc) is 3.53. The van der Waals surface area contributed by atoms with Gasteiger partial charge in [0.1, 0.15) is 11.9 Å². The molecular formula is C24H30O3. The first-order valence-electron chi connectivity index (χ1n) is 10.3. The maximum absolute atomic E-state index is 10.1. The van der Waals surface area contributed by atoms with E-state index in [9.17, 15) is 10.2 Å². The summed E-state index contributed by atoms with van der Waals surface area (Å²) >= 11 is 0. The van der Waals surface area contributed by atoms with Crippen molar-refractivity contribution in [1.82, 2.24) is 0 Å². The zero-order valence-electron chi connectivity index (χ0n) is 16.1. The Labute approximate surface area is 162 Å². The minimum atomic E-state index is -0.388. The molecule has 4 unspecified atom stereocenters. The Bertz CT molecular complexity index is 750. The molecule has 2 aliphatic carbocycles. The second-order valence-corrected chi connectivity index (χ2v) is 8.35. The molecule has 0 aliphatic heterocycles. The van der Waals surface area contributed by atoms with E-state index >= 15 is 0 Å². The number of hydrogen-bond donors (Lipinski definition) is 2. The molecule has 2 N–H and O–H groups in total. The highest BCUT2D eigenvalue weighted by atomic mass is 16.5. The third-order valence-electron chi connectivity index (χ3n) is 6.16. The summed E-state index contributed by atoms with van der Waals surface area (Å²) in [4.78, 5) is 0. The Kier molecular flexibility index (Phi) is 5.51. The predicted molar refractivity (Wildman–Crippen MR) is 107 cm³/mol. The van der Waals surface area contributed by atoms with Gasteiger partial charge in [-0.3, -0.25) is 0 Å². The summed E-state index contributed by atoms with van der Waals surface area (Å²) in [5.41, 5.74) is 3.94. The molecule has 2 aromatic carbocycles. The normalized spacial score (nSPS) is 26.6. The molecule has 2 saturated carbocycles. The molecule has 27 heavy (non-hydrogen) atoms. The Morgan fingerprint density at radius 2 is 1.74 bits per heavy atom. The van der Waals surface area contributed by atoms with Crippen LogP contribution in [0, 0.1) is 5.92 Å². The summed E-state index contributed by atoms with van der Waals surface area (Å²) in [6, 6.07) is 17.3. The van der Waals surface area contributed by atoms with E-state index in [1.165, 1.54) is 29.5 Å². The summed E-state index contributed by atoms with van der Waals surface area (Å²) in [5.74, 6) is 2.05. The van der Waals surface area contributed by atoms with E-state index in [1.54, 1.807) is 0 Å². The standard InChI is InChI=1S/C24H30O3/c1-16(18-6-8-19(9-7-18)20-10-11-20)23-4-2-3-5-24(23)27-22-13-17(15-25)12-21(26)14-22/h2-9,16-17,20-22,25-26H,10-15H2,1H3. The van der Waals surface area contributed by atoms with Crippen molar-refractivity contribution >= 4 is 0 Å². The van der Waals surface area contributed by atoms with Crippen LogP contribution in [-0.2, 0) is 0 Å². The van der Waals surface area contributed by atoms with Crippen LogP contribution in [0.4, 0.5) is 0 Å². The van der Waals surface area contributed by atoms with Crippen LogP contribution in [0.5, 0.6) is 5.75 Å². The van der Waals surface area contributed by atoms with E-state index in [-0.39, 0.29) is 30.7 Å². The minimum Gasteiger partial charge on any atom is -0.490 e. The van der Waals surface area contributed by atoms with Crippen LogP contribution in [0.15, 0.2) is 48.5 Å².